The summed E-state index contributed by atoms with van der Waals surface area (Å²) in [6.45, 7) is 3.60. The van der Waals surface area contributed by atoms with E-state index in [0.29, 0.717) is 10.7 Å². The lowest BCUT2D eigenvalue weighted by Crippen LogP contribution is -2.31. The molecular formula is C15H12Cl2FNO2S. The average Bonchev–Trinajstić information content (AvgIpc) is 2.48. The van der Waals surface area contributed by atoms with Crippen molar-refractivity contribution in [3.8, 4) is 0 Å². The van der Waals surface area contributed by atoms with Crippen molar-refractivity contribution >= 4 is 38.9 Å². The van der Waals surface area contributed by atoms with Gasteiger partial charge in [0.1, 0.15) is 5.82 Å². The van der Waals surface area contributed by atoms with Gasteiger partial charge in [0.25, 0.3) is 10.0 Å². The molecule has 0 atom stereocenters. The van der Waals surface area contributed by atoms with Crippen LogP contribution in [-0.2, 0) is 10.0 Å². The molecule has 0 saturated heterocycles. The molecule has 0 aliphatic rings. The smallest absolute Gasteiger partial charge is 0.262 e. The van der Waals surface area contributed by atoms with Gasteiger partial charge in [0.15, 0.2) is 0 Å². The number of sulfonamides is 1. The predicted octanol–water partition coefficient (Wildman–Crippen LogP) is 4.51. The molecule has 0 aliphatic carbocycles. The number of halogens is 3. The van der Waals surface area contributed by atoms with Crippen LogP contribution in [0.15, 0.2) is 60.0 Å². The molecule has 0 amide bonds. The minimum atomic E-state index is -3.87. The lowest BCUT2D eigenvalue weighted by molar-refractivity contribution is 0.591. The summed E-state index contributed by atoms with van der Waals surface area (Å²) in [5.41, 5.74) is 0.346. The van der Waals surface area contributed by atoms with Gasteiger partial charge < -0.3 is 0 Å². The lowest BCUT2D eigenvalue weighted by Gasteiger charge is -2.23. The van der Waals surface area contributed by atoms with Crippen molar-refractivity contribution in [2.45, 2.75) is 4.90 Å². The first-order chi connectivity index (χ1) is 10.4. The van der Waals surface area contributed by atoms with Crippen LogP contribution in [0.1, 0.15) is 0 Å². The van der Waals surface area contributed by atoms with E-state index in [4.69, 9.17) is 23.2 Å². The molecule has 0 saturated carbocycles. The summed E-state index contributed by atoms with van der Waals surface area (Å²) in [5.74, 6) is -0.510. The maximum atomic E-state index is 13.0. The summed E-state index contributed by atoms with van der Waals surface area (Å²) in [4.78, 5) is -0.0261. The molecule has 0 aromatic heterocycles. The van der Waals surface area contributed by atoms with Gasteiger partial charge >= 0.3 is 0 Å². The van der Waals surface area contributed by atoms with Gasteiger partial charge in [0, 0.05) is 0 Å². The molecule has 0 spiro atoms. The summed E-state index contributed by atoms with van der Waals surface area (Å²) in [6.07, 6.45) is 1.45. The van der Waals surface area contributed by atoms with Crippen LogP contribution in [0.2, 0.25) is 10.0 Å². The minimum Gasteiger partial charge on any atom is -0.262 e. The van der Waals surface area contributed by atoms with Crippen molar-refractivity contribution in [3.63, 3.8) is 0 Å². The van der Waals surface area contributed by atoms with E-state index in [2.05, 4.69) is 6.58 Å². The highest BCUT2D eigenvalue weighted by Crippen LogP contribution is 2.30. The van der Waals surface area contributed by atoms with Gasteiger partial charge in [-0.15, -0.1) is 6.58 Å². The minimum absolute atomic E-state index is 0.0261. The van der Waals surface area contributed by atoms with Crippen LogP contribution in [0.25, 0.3) is 0 Å². The first-order valence-corrected chi connectivity index (χ1v) is 8.40. The highest BCUT2D eigenvalue weighted by molar-refractivity contribution is 7.92. The molecule has 0 unspecified atom stereocenters. The van der Waals surface area contributed by atoms with Crippen molar-refractivity contribution in [3.05, 3.63) is 71.0 Å². The van der Waals surface area contributed by atoms with E-state index in [-0.39, 0.29) is 16.5 Å². The Hall–Kier alpha value is -1.56. The third-order valence-corrected chi connectivity index (χ3v) is 5.43. The molecule has 2 rings (SSSR count). The van der Waals surface area contributed by atoms with Gasteiger partial charge in [0.2, 0.25) is 0 Å². The fourth-order valence-corrected chi connectivity index (χ4v) is 3.55. The Kier molecular flexibility index (Phi) is 5.11. The van der Waals surface area contributed by atoms with E-state index in [0.717, 1.165) is 16.4 Å². The predicted molar refractivity (Wildman–Crippen MR) is 87.6 cm³/mol. The van der Waals surface area contributed by atoms with Crippen LogP contribution in [-0.4, -0.2) is 15.0 Å². The maximum absolute atomic E-state index is 13.0. The van der Waals surface area contributed by atoms with Crippen molar-refractivity contribution in [1.82, 2.24) is 0 Å². The monoisotopic (exact) mass is 359 g/mol. The standard InChI is InChI=1S/C15H12Cl2FNO2S/c1-2-9-19(12-5-8-14(16)15(17)10-12)22(20,21)13-6-3-11(18)4-7-13/h2-8,10H,1,9H2. The molecule has 0 heterocycles. The number of benzene rings is 2. The third kappa shape index (κ3) is 3.43. The third-order valence-electron chi connectivity index (χ3n) is 2.89. The number of hydrogen-bond acceptors (Lipinski definition) is 2. The second-order valence-electron chi connectivity index (χ2n) is 4.38. The van der Waals surface area contributed by atoms with Gasteiger partial charge in [-0.1, -0.05) is 29.3 Å². The summed E-state index contributed by atoms with van der Waals surface area (Å²) >= 11 is 11.8. The lowest BCUT2D eigenvalue weighted by atomic mass is 10.3. The van der Waals surface area contributed by atoms with Gasteiger partial charge in [0.05, 0.1) is 27.2 Å². The largest absolute Gasteiger partial charge is 0.264 e. The van der Waals surface area contributed by atoms with Crippen molar-refractivity contribution < 1.29 is 12.8 Å². The van der Waals surface area contributed by atoms with E-state index < -0.39 is 15.8 Å². The van der Waals surface area contributed by atoms with E-state index in [1.54, 1.807) is 6.07 Å². The Balaban J connectivity index is 2.52. The molecule has 0 fully saturated rings. The van der Waals surface area contributed by atoms with E-state index in [1.165, 1.54) is 30.3 Å². The number of hydrogen-bond donors (Lipinski definition) is 0. The first-order valence-electron chi connectivity index (χ1n) is 6.20. The first kappa shape index (κ1) is 16.8. The molecule has 2 aromatic carbocycles. The Bertz CT molecular complexity index is 792. The number of anilines is 1. The molecule has 0 bridgehead atoms. The van der Waals surface area contributed by atoms with Crippen LogP contribution in [0.5, 0.6) is 0 Å². The Labute approximate surface area is 138 Å². The number of nitrogens with zero attached hydrogens (tertiary/aromatic N) is 1. The molecule has 7 heteroatoms. The number of rotatable bonds is 5. The average molecular weight is 360 g/mol. The fraction of sp³-hybridized carbons (Fsp3) is 0.0667. The van der Waals surface area contributed by atoms with E-state index in [9.17, 15) is 12.8 Å². The topological polar surface area (TPSA) is 37.4 Å². The second kappa shape index (κ2) is 6.69. The summed E-state index contributed by atoms with van der Waals surface area (Å²) in [6, 6.07) is 9.10. The van der Waals surface area contributed by atoms with Crippen LogP contribution in [0.3, 0.4) is 0 Å². The quantitative estimate of drug-likeness (QED) is 0.736. The molecule has 116 valence electrons. The van der Waals surface area contributed by atoms with Crippen LogP contribution in [0.4, 0.5) is 10.1 Å². The van der Waals surface area contributed by atoms with Crippen LogP contribution < -0.4 is 4.31 Å². The SMILES string of the molecule is C=CCN(c1ccc(Cl)c(Cl)c1)S(=O)(=O)c1ccc(F)cc1. The van der Waals surface area contributed by atoms with Crippen LogP contribution >= 0.6 is 23.2 Å². The summed E-state index contributed by atoms with van der Waals surface area (Å²) in [7, 11) is -3.87. The molecule has 2 aromatic rings. The summed E-state index contributed by atoms with van der Waals surface area (Å²) < 4.78 is 39.5. The van der Waals surface area contributed by atoms with E-state index in [1.807, 2.05) is 0 Å². The normalized spacial score (nSPS) is 11.2. The molecule has 3 nitrogen and oxygen atoms in total. The Morgan fingerprint density at radius 1 is 1.09 bits per heavy atom. The maximum Gasteiger partial charge on any atom is 0.264 e. The van der Waals surface area contributed by atoms with Crippen molar-refractivity contribution in [2.75, 3.05) is 10.8 Å². The molecule has 0 aliphatic heterocycles. The molecule has 0 radical (unpaired) electrons. The van der Waals surface area contributed by atoms with Crippen molar-refractivity contribution in [1.29, 1.82) is 0 Å². The highest BCUT2D eigenvalue weighted by atomic mass is 35.5. The molecule has 0 N–H and O–H groups in total. The zero-order chi connectivity index (χ0) is 16.3. The van der Waals surface area contributed by atoms with Crippen molar-refractivity contribution in [2.24, 2.45) is 0 Å². The van der Waals surface area contributed by atoms with Gasteiger partial charge in [-0.2, -0.15) is 0 Å². The second-order valence-corrected chi connectivity index (χ2v) is 7.05. The van der Waals surface area contributed by atoms with Gasteiger partial charge in [-0.3, -0.25) is 4.31 Å². The molecular weight excluding hydrogens is 348 g/mol. The zero-order valence-electron chi connectivity index (χ0n) is 11.3. The van der Waals surface area contributed by atoms with Crippen LogP contribution in [0, 0.1) is 5.82 Å². The highest BCUT2D eigenvalue weighted by Gasteiger charge is 2.24. The van der Waals surface area contributed by atoms with Gasteiger partial charge in [-0.05, 0) is 42.5 Å². The zero-order valence-corrected chi connectivity index (χ0v) is 13.7. The summed E-state index contributed by atoms with van der Waals surface area (Å²) in [5, 5.41) is 0.561. The molecule has 22 heavy (non-hydrogen) atoms. The fourth-order valence-electron chi connectivity index (χ4n) is 1.83. The Morgan fingerprint density at radius 3 is 2.27 bits per heavy atom. The Morgan fingerprint density at radius 2 is 1.73 bits per heavy atom. The van der Waals surface area contributed by atoms with Gasteiger partial charge in [-0.25, -0.2) is 12.8 Å². The van der Waals surface area contributed by atoms with E-state index >= 15 is 0 Å².